The third kappa shape index (κ3) is 3.88. The minimum atomic E-state index is -0.770. The highest BCUT2D eigenvalue weighted by molar-refractivity contribution is 5.86. The zero-order valence-corrected chi connectivity index (χ0v) is 22.1. The van der Waals surface area contributed by atoms with Crippen molar-refractivity contribution in [2.75, 3.05) is 4.90 Å². The van der Waals surface area contributed by atoms with Gasteiger partial charge in [0.1, 0.15) is 0 Å². The first-order valence-electron chi connectivity index (χ1n) is 13.1. The summed E-state index contributed by atoms with van der Waals surface area (Å²) in [6.45, 7) is 15.5. The van der Waals surface area contributed by atoms with Crippen molar-refractivity contribution in [2.24, 2.45) is 0 Å². The molecule has 0 amide bonds. The average Bonchev–Trinajstić information content (AvgIpc) is 3.06. The molecule has 0 saturated heterocycles. The smallest absolute Gasteiger partial charge is 0.0454 e. The molecule has 0 atom stereocenters. The van der Waals surface area contributed by atoms with E-state index in [1.807, 2.05) is 13.8 Å². The lowest BCUT2D eigenvalue weighted by molar-refractivity contribution is 0.555. The summed E-state index contributed by atoms with van der Waals surface area (Å²) in [5.41, 5.74) is 10.6. The van der Waals surface area contributed by atoms with E-state index in [9.17, 15) is 1.37 Å². The van der Waals surface area contributed by atoms with E-state index in [0.717, 1.165) is 16.9 Å². The van der Waals surface area contributed by atoms with Crippen LogP contribution in [0.25, 0.3) is 22.3 Å². The maximum Gasteiger partial charge on any atom is 0.0454 e. The van der Waals surface area contributed by atoms with Crippen LogP contribution in [-0.4, -0.2) is 5.54 Å². The fourth-order valence-electron chi connectivity index (χ4n) is 5.88. The van der Waals surface area contributed by atoms with Crippen LogP contribution in [0.3, 0.4) is 0 Å². The van der Waals surface area contributed by atoms with E-state index >= 15 is 0 Å². The summed E-state index contributed by atoms with van der Waals surface area (Å²) < 4.78 is 9.35. The molecule has 1 nitrogen and oxygen atoms in total. The van der Waals surface area contributed by atoms with Crippen molar-refractivity contribution in [3.63, 3.8) is 0 Å². The maximum atomic E-state index is 9.35. The number of fused-ring (bicyclic) bond motifs is 3. The molecule has 0 N–H and O–H groups in total. The van der Waals surface area contributed by atoms with Gasteiger partial charge in [0.2, 0.25) is 0 Å². The largest absolute Gasteiger partial charge is 0.336 e. The van der Waals surface area contributed by atoms with Crippen LogP contribution in [0.5, 0.6) is 0 Å². The van der Waals surface area contributed by atoms with E-state index in [4.69, 9.17) is 0 Å². The van der Waals surface area contributed by atoms with E-state index in [2.05, 4.69) is 131 Å². The maximum absolute atomic E-state index is 9.35. The minimum absolute atomic E-state index is 0.170. The Hall–Kier alpha value is -3.32. The lowest BCUT2D eigenvalue weighted by Gasteiger charge is -2.41. The molecule has 0 fully saturated rings. The van der Waals surface area contributed by atoms with Crippen LogP contribution in [0.4, 0.5) is 11.4 Å². The lowest BCUT2D eigenvalue weighted by atomic mass is 9.77. The third-order valence-corrected chi connectivity index (χ3v) is 7.34. The Kier molecular flexibility index (Phi) is 5.33. The van der Waals surface area contributed by atoms with E-state index in [1.165, 1.54) is 33.4 Å². The first-order valence-corrected chi connectivity index (χ1v) is 12.6. The Bertz CT molecular complexity index is 1400. The van der Waals surface area contributed by atoms with Crippen molar-refractivity contribution in [1.29, 1.82) is 0 Å². The van der Waals surface area contributed by atoms with Gasteiger partial charge in [-0.3, -0.25) is 0 Å². The summed E-state index contributed by atoms with van der Waals surface area (Å²) in [4.78, 5) is 2.42. The normalized spacial score (nSPS) is 14.8. The van der Waals surface area contributed by atoms with E-state index in [0.29, 0.717) is 0 Å². The van der Waals surface area contributed by atoms with Crippen LogP contribution in [0.2, 0.25) is 0 Å². The molecule has 178 valence electrons. The highest BCUT2D eigenvalue weighted by Gasteiger charge is 2.40. The third-order valence-electron chi connectivity index (χ3n) is 7.34. The standard InChI is InChI=1S/C34H37N/c1-23(2)31-30(22-21-28-27-15-11-12-16-29(27)34(6,7)32(28)31)35(33(3,4)5)26-19-17-25(18-20-26)24-13-9-8-10-14-24/h8-23H,1-7H3/i23D. The van der Waals surface area contributed by atoms with Gasteiger partial charge < -0.3 is 4.90 Å². The summed E-state index contributed by atoms with van der Waals surface area (Å²) in [6.07, 6.45) is 0. The molecule has 4 aromatic carbocycles. The highest BCUT2D eigenvalue weighted by atomic mass is 15.2. The van der Waals surface area contributed by atoms with Gasteiger partial charge in [-0.05, 0) is 83.8 Å². The Labute approximate surface area is 212 Å². The molecule has 35 heavy (non-hydrogen) atoms. The van der Waals surface area contributed by atoms with Gasteiger partial charge in [-0.1, -0.05) is 100 Å². The Balaban J connectivity index is 1.73. The predicted molar refractivity (Wildman–Crippen MR) is 152 cm³/mol. The van der Waals surface area contributed by atoms with E-state index in [1.54, 1.807) is 0 Å². The molecule has 4 aromatic rings. The molecule has 5 rings (SSSR count). The van der Waals surface area contributed by atoms with Gasteiger partial charge in [-0.15, -0.1) is 0 Å². The van der Waals surface area contributed by atoms with Crippen molar-refractivity contribution in [3.8, 4) is 22.3 Å². The van der Waals surface area contributed by atoms with Gasteiger partial charge in [-0.25, -0.2) is 0 Å². The molecule has 0 aliphatic heterocycles. The number of benzene rings is 4. The van der Waals surface area contributed by atoms with Crippen LogP contribution < -0.4 is 4.90 Å². The fraction of sp³-hybridized carbons (Fsp3) is 0.294. The molecule has 0 bridgehead atoms. The molecular weight excluding hydrogens is 422 g/mol. The monoisotopic (exact) mass is 460 g/mol. The molecule has 0 spiro atoms. The van der Waals surface area contributed by atoms with Crippen LogP contribution in [0.15, 0.2) is 91.0 Å². The number of hydrogen-bond donors (Lipinski definition) is 0. The van der Waals surface area contributed by atoms with Crippen LogP contribution in [0.1, 0.15) is 72.4 Å². The minimum Gasteiger partial charge on any atom is -0.336 e. The molecule has 0 heterocycles. The van der Waals surface area contributed by atoms with E-state index in [-0.39, 0.29) is 11.0 Å². The molecule has 0 aromatic heterocycles. The summed E-state index contributed by atoms with van der Waals surface area (Å²) in [6, 6.07) is 32.7. The summed E-state index contributed by atoms with van der Waals surface area (Å²) >= 11 is 0. The first kappa shape index (κ1) is 22.2. The molecule has 1 heteroatoms. The average molecular weight is 461 g/mol. The van der Waals surface area contributed by atoms with E-state index < -0.39 is 5.89 Å². The van der Waals surface area contributed by atoms with Crippen molar-refractivity contribution in [2.45, 2.75) is 65.3 Å². The molecular formula is C34H37N. The van der Waals surface area contributed by atoms with Crippen molar-refractivity contribution >= 4 is 11.4 Å². The first-order chi connectivity index (χ1) is 16.9. The Morgan fingerprint density at radius 2 is 1.31 bits per heavy atom. The molecule has 1 aliphatic carbocycles. The number of anilines is 2. The molecule has 0 radical (unpaired) electrons. The van der Waals surface area contributed by atoms with Crippen LogP contribution >= 0.6 is 0 Å². The summed E-state index contributed by atoms with van der Waals surface area (Å²) in [5.74, 6) is -0.770. The Morgan fingerprint density at radius 1 is 0.714 bits per heavy atom. The molecule has 0 saturated carbocycles. The van der Waals surface area contributed by atoms with Crippen molar-refractivity contribution < 1.29 is 1.37 Å². The second kappa shape index (κ2) is 8.41. The van der Waals surface area contributed by atoms with Gasteiger partial charge >= 0.3 is 0 Å². The molecule has 1 aliphatic rings. The zero-order valence-electron chi connectivity index (χ0n) is 23.1. The zero-order chi connectivity index (χ0) is 25.9. The lowest BCUT2D eigenvalue weighted by Crippen LogP contribution is -2.38. The van der Waals surface area contributed by atoms with Crippen molar-refractivity contribution in [1.82, 2.24) is 0 Å². The highest BCUT2D eigenvalue weighted by Crippen LogP contribution is 2.54. The van der Waals surface area contributed by atoms with Crippen LogP contribution in [-0.2, 0) is 5.41 Å². The van der Waals surface area contributed by atoms with Gasteiger partial charge in [0.15, 0.2) is 0 Å². The quantitative estimate of drug-likeness (QED) is 0.293. The number of rotatable bonds is 4. The Morgan fingerprint density at radius 3 is 1.94 bits per heavy atom. The topological polar surface area (TPSA) is 3.24 Å². The van der Waals surface area contributed by atoms with Gasteiger partial charge in [0.25, 0.3) is 0 Å². The second-order valence-electron chi connectivity index (χ2n) is 11.5. The van der Waals surface area contributed by atoms with Gasteiger partial charge in [0.05, 0.1) is 0 Å². The summed E-state index contributed by atoms with van der Waals surface area (Å²) in [7, 11) is 0. The van der Waals surface area contributed by atoms with Crippen LogP contribution in [0, 0.1) is 0 Å². The van der Waals surface area contributed by atoms with Gasteiger partial charge in [-0.2, -0.15) is 0 Å². The second-order valence-corrected chi connectivity index (χ2v) is 11.5. The summed E-state index contributed by atoms with van der Waals surface area (Å²) in [5, 5.41) is 0. The molecule has 0 unspecified atom stereocenters. The fourth-order valence-corrected chi connectivity index (χ4v) is 5.88. The SMILES string of the molecule is [2H]C(C)(C)c1c(N(c2ccc(-c3ccccc3)cc2)C(C)(C)C)ccc2c1C(C)(C)c1ccccc1-2. The van der Waals surface area contributed by atoms with Crippen molar-refractivity contribution in [3.05, 3.63) is 108 Å². The number of hydrogen-bond acceptors (Lipinski definition) is 1. The predicted octanol–water partition coefficient (Wildman–Crippen LogP) is 9.72. The van der Waals surface area contributed by atoms with Gasteiger partial charge in [0, 0.05) is 23.7 Å². The number of nitrogens with zero attached hydrogens (tertiary/aromatic N) is 1.